The highest BCUT2D eigenvalue weighted by Crippen LogP contribution is 2.46. The Hall–Kier alpha value is -1.13. The van der Waals surface area contributed by atoms with Crippen molar-refractivity contribution in [2.45, 2.75) is 34.1 Å². The molecule has 0 spiro atoms. The molecule has 1 atom stereocenters. The van der Waals surface area contributed by atoms with Crippen molar-refractivity contribution in [3.05, 3.63) is 24.3 Å². The molecule has 0 bridgehead atoms. The van der Waals surface area contributed by atoms with Crippen LogP contribution in [-0.2, 0) is 14.3 Å². The molecule has 1 aliphatic rings. The second kappa shape index (κ2) is 10.6. The average Bonchev–Trinajstić information content (AvgIpc) is 2.47. The Kier molecular flexibility index (Phi) is 10.0. The van der Waals surface area contributed by atoms with Crippen molar-refractivity contribution < 1.29 is 19.4 Å². The number of methoxy groups -OCH3 is 2. The first-order valence-electron chi connectivity index (χ1n) is 7.91. The van der Waals surface area contributed by atoms with E-state index in [-0.39, 0.29) is 5.41 Å². The Morgan fingerprint density at radius 3 is 1.91 bits per heavy atom. The van der Waals surface area contributed by atoms with Gasteiger partial charge in [-0.25, -0.2) is 0 Å². The van der Waals surface area contributed by atoms with Crippen molar-refractivity contribution in [1.29, 1.82) is 0 Å². The monoisotopic (exact) mass is 312 g/mol. The van der Waals surface area contributed by atoms with Gasteiger partial charge in [0.05, 0.1) is 5.92 Å². The predicted octanol–water partition coefficient (Wildman–Crippen LogP) is 3.78. The van der Waals surface area contributed by atoms with Crippen molar-refractivity contribution in [2.24, 2.45) is 23.2 Å². The molecule has 0 radical (unpaired) electrons. The van der Waals surface area contributed by atoms with Crippen molar-refractivity contribution in [3.8, 4) is 0 Å². The molecule has 0 heterocycles. The molecule has 1 N–H and O–H groups in total. The lowest BCUT2D eigenvalue weighted by Gasteiger charge is -2.43. The highest BCUT2D eigenvalue weighted by atomic mass is 16.5. The summed E-state index contributed by atoms with van der Waals surface area (Å²) >= 11 is 0. The van der Waals surface area contributed by atoms with E-state index in [0.29, 0.717) is 11.8 Å². The first-order valence-corrected chi connectivity index (χ1v) is 7.91. The molecule has 0 aromatic rings. The van der Waals surface area contributed by atoms with Crippen LogP contribution < -0.4 is 0 Å². The van der Waals surface area contributed by atoms with Crippen molar-refractivity contribution in [3.63, 3.8) is 0 Å². The number of carbonyl (C=O) groups is 1. The summed E-state index contributed by atoms with van der Waals surface area (Å²) in [7, 11) is 3.38. The third-order valence-corrected chi connectivity index (χ3v) is 4.30. The first kappa shape index (κ1) is 20.9. The summed E-state index contributed by atoms with van der Waals surface area (Å²) in [6.45, 7) is 9.99. The quantitative estimate of drug-likeness (QED) is 0.727. The van der Waals surface area contributed by atoms with E-state index in [0.717, 1.165) is 19.6 Å². The molecule has 1 aliphatic carbocycles. The van der Waals surface area contributed by atoms with E-state index in [1.54, 1.807) is 14.2 Å². The standard InChI is InChI=1S/C13H20O2.C5H12O2/c1-9(2)13(10(3)4)8-6-5-7-11(13)12(14)15;1-6-4-3-5-7-2/h5-11H,1-4H3,(H,14,15);3-5H2,1-2H3. The fourth-order valence-electron chi connectivity index (χ4n) is 3.08. The van der Waals surface area contributed by atoms with Crippen LogP contribution in [0.5, 0.6) is 0 Å². The van der Waals surface area contributed by atoms with Crippen LogP contribution in [-0.4, -0.2) is 38.5 Å². The third kappa shape index (κ3) is 5.58. The zero-order chi connectivity index (χ0) is 17.2. The lowest BCUT2D eigenvalue weighted by atomic mass is 9.59. The fourth-order valence-corrected chi connectivity index (χ4v) is 3.08. The van der Waals surface area contributed by atoms with Gasteiger partial charge in [0.2, 0.25) is 0 Å². The molecular weight excluding hydrogens is 280 g/mol. The highest BCUT2D eigenvalue weighted by molar-refractivity contribution is 5.74. The van der Waals surface area contributed by atoms with Crippen LogP contribution in [0.25, 0.3) is 0 Å². The van der Waals surface area contributed by atoms with Crippen LogP contribution >= 0.6 is 0 Å². The number of ether oxygens (including phenoxy) is 2. The fraction of sp³-hybridized carbons (Fsp3) is 0.722. The molecular formula is C18H32O4. The van der Waals surface area contributed by atoms with E-state index >= 15 is 0 Å². The summed E-state index contributed by atoms with van der Waals surface area (Å²) in [5.74, 6) is -0.486. The van der Waals surface area contributed by atoms with Gasteiger partial charge < -0.3 is 14.6 Å². The van der Waals surface area contributed by atoms with Crippen LogP contribution in [0.4, 0.5) is 0 Å². The van der Waals surface area contributed by atoms with Crippen LogP contribution in [0, 0.1) is 23.2 Å². The maximum atomic E-state index is 11.3. The molecule has 0 aliphatic heterocycles. The molecule has 0 aromatic heterocycles. The number of carboxylic acids is 1. The Morgan fingerprint density at radius 2 is 1.59 bits per heavy atom. The lowest BCUT2D eigenvalue weighted by Crippen LogP contribution is -2.42. The SMILES string of the molecule is CC(C)C1(C(C)C)C=CC=CC1C(=O)O.COCCCOC. The van der Waals surface area contributed by atoms with E-state index in [2.05, 4.69) is 33.8 Å². The molecule has 1 unspecified atom stereocenters. The van der Waals surface area contributed by atoms with Crippen LogP contribution in [0.3, 0.4) is 0 Å². The molecule has 0 saturated heterocycles. The summed E-state index contributed by atoms with van der Waals surface area (Å²) < 4.78 is 9.53. The van der Waals surface area contributed by atoms with E-state index in [9.17, 15) is 9.90 Å². The van der Waals surface area contributed by atoms with E-state index in [4.69, 9.17) is 9.47 Å². The largest absolute Gasteiger partial charge is 0.481 e. The summed E-state index contributed by atoms with van der Waals surface area (Å²) in [4.78, 5) is 11.3. The van der Waals surface area contributed by atoms with Gasteiger partial charge in [0.1, 0.15) is 0 Å². The lowest BCUT2D eigenvalue weighted by molar-refractivity contribution is -0.145. The van der Waals surface area contributed by atoms with Gasteiger partial charge in [0.15, 0.2) is 0 Å². The smallest absolute Gasteiger partial charge is 0.311 e. The Balaban J connectivity index is 0.000000534. The number of hydrogen-bond acceptors (Lipinski definition) is 3. The number of hydrogen-bond donors (Lipinski definition) is 1. The Labute approximate surface area is 135 Å². The van der Waals surface area contributed by atoms with Crippen molar-refractivity contribution >= 4 is 5.97 Å². The minimum atomic E-state index is -0.724. The summed E-state index contributed by atoms with van der Waals surface area (Å²) in [5, 5.41) is 9.29. The molecule has 22 heavy (non-hydrogen) atoms. The minimum absolute atomic E-state index is 0.249. The number of rotatable bonds is 7. The van der Waals surface area contributed by atoms with Gasteiger partial charge in [0, 0.05) is 32.8 Å². The molecule has 4 nitrogen and oxygen atoms in total. The molecule has 128 valence electrons. The van der Waals surface area contributed by atoms with Gasteiger partial charge in [-0.05, 0) is 18.3 Å². The normalized spacial score (nSPS) is 19.2. The predicted molar refractivity (Wildman–Crippen MR) is 89.9 cm³/mol. The summed E-state index contributed by atoms with van der Waals surface area (Å²) in [5.41, 5.74) is -0.249. The molecule has 0 fully saturated rings. The van der Waals surface area contributed by atoms with Gasteiger partial charge in [-0.2, -0.15) is 0 Å². The third-order valence-electron chi connectivity index (χ3n) is 4.30. The molecule has 0 saturated carbocycles. The maximum Gasteiger partial charge on any atom is 0.311 e. The maximum absolute atomic E-state index is 11.3. The molecule has 0 aromatic carbocycles. The zero-order valence-electron chi connectivity index (χ0n) is 14.8. The topological polar surface area (TPSA) is 55.8 Å². The van der Waals surface area contributed by atoms with Gasteiger partial charge in [0.25, 0.3) is 0 Å². The van der Waals surface area contributed by atoms with E-state index in [1.165, 1.54) is 0 Å². The summed E-state index contributed by atoms with van der Waals surface area (Å²) in [6, 6.07) is 0. The first-order chi connectivity index (χ1) is 10.3. The second-order valence-corrected chi connectivity index (χ2v) is 6.21. The summed E-state index contributed by atoms with van der Waals surface area (Å²) in [6.07, 6.45) is 8.68. The number of carboxylic acid groups (broad SMARTS) is 1. The second-order valence-electron chi connectivity index (χ2n) is 6.21. The van der Waals surface area contributed by atoms with Gasteiger partial charge in [-0.3, -0.25) is 4.79 Å². The Bertz CT molecular complexity index is 357. The van der Waals surface area contributed by atoms with E-state index in [1.807, 2.05) is 18.2 Å². The number of allylic oxidation sites excluding steroid dienone is 3. The average molecular weight is 312 g/mol. The number of aliphatic carboxylic acids is 1. The molecule has 0 amide bonds. The Morgan fingerprint density at radius 1 is 1.09 bits per heavy atom. The van der Waals surface area contributed by atoms with Gasteiger partial charge in [-0.1, -0.05) is 52.0 Å². The zero-order valence-corrected chi connectivity index (χ0v) is 14.8. The van der Waals surface area contributed by atoms with Crippen LogP contribution in [0.1, 0.15) is 34.1 Å². The van der Waals surface area contributed by atoms with Crippen molar-refractivity contribution in [1.82, 2.24) is 0 Å². The highest BCUT2D eigenvalue weighted by Gasteiger charge is 2.45. The molecule has 1 rings (SSSR count). The van der Waals surface area contributed by atoms with Gasteiger partial charge >= 0.3 is 5.97 Å². The van der Waals surface area contributed by atoms with Gasteiger partial charge in [-0.15, -0.1) is 0 Å². The van der Waals surface area contributed by atoms with Crippen LogP contribution in [0.2, 0.25) is 0 Å². The van der Waals surface area contributed by atoms with Crippen molar-refractivity contribution in [2.75, 3.05) is 27.4 Å². The minimum Gasteiger partial charge on any atom is -0.481 e. The van der Waals surface area contributed by atoms with E-state index < -0.39 is 11.9 Å². The van der Waals surface area contributed by atoms with Crippen LogP contribution in [0.15, 0.2) is 24.3 Å². The molecule has 4 heteroatoms.